The number of carbonyl (C=O) groups excluding carboxylic acids is 1. The van der Waals surface area contributed by atoms with Crippen LogP contribution in [-0.4, -0.2) is 24.9 Å². The van der Waals surface area contributed by atoms with Gasteiger partial charge in [0.1, 0.15) is 13.2 Å². The Morgan fingerprint density at radius 1 is 1.23 bits per heavy atom. The highest BCUT2D eigenvalue weighted by Crippen LogP contribution is 2.34. The molecule has 0 fully saturated rings. The molecule has 0 bridgehead atoms. The van der Waals surface area contributed by atoms with E-state index < -0.39 is 0 Å². The van der Waals surface area contributed by atoms with Crippen LogP contribution in [0.4, 0.5) is 0 Å². The molecule has 1 aliphatic heterocycles. The molecule has 3 rings (SSSR count). The molecule has 0 radical (unpaired) electrons. The van der Waals surface area contributed by atoms with Crippen LogP contribution in [0.3, 0.4) is 0 Å². The number of amides is 1. The van der Waals surface area contributed by atoms with Crippen molar-refractivity contribution >= 4 is 17.7 Å². The Bertz CT molecular complexity index is 782. The molecule has 1 aromatic carbocycles. The van der Waals surface area contributed by atoms with Crippen LogP contribution >= 0.6 is 11.8 Å². The highest BCUT2D eigenvalue weighted by Gasteiger charge is 2.22. The van der Waals surface area contributed by atoms with Gasteiger partial charge in [0.05, 0.1) is 11.8 Å². The first-order valence-corrected chi connectivity index (χ1v) is 9.53. The lowest BCUT2D eigenvalue weighted by atomic mass is 9.95. The molecule has 26 heavy (non-hydrogen) atoms. The Labute approximate surface area is 157 Å². The Balaban J connectivity index is 1.66. The van der Waals surface area contributed by atoms with Gasteiger partial charge in [-0.3, -0.25) is 4.79 Å². The number of hydrogen-bond donors (Lipinski definition) is 1. The van der Waals surface area contributed by atoms with Crippen molar-refractivity contribution in [2.45, 2.75) is 24.9 Å². The Morgan fingerprint density at radius 3 is 2.73 bits per heavy atom. The van der Waals surface area contributed by atoms with Gasteiger partial charge in [0.2, 0.25) is 5.91 Å². The summed E-state index contributed by atoms with van der Waals surface area (Å²) in [5.41, 5.74) is 0.973. The minimum absolute atomic E-state index is 0.118. The summed E-state index contributed by atoms with van der Waals surface area (Å²) in [6.07, 6.45) is 1.42. The standard InChI is InChI=1S/C19H22N2O4S/c1-13(2)19(14-6-7-15-16(11-14)25-10-9-24-15)20-17(22)12-26-18-5-3-4-8-21(18)23/h3-8,11,13,19H,9-10,12H2,1-2H3,(H,20,22)/t19-/m0/s1. The second kappa shape index (κ2) is 8.31. The molecule has 0 saturated heterocycles. The highest BCUT2D eigenvalue weighted by molar-refractivity contribution is 7.99. The number of aromatic nitrogens is 1. The lowest BCUT2D eigenvalue weighted by molar-refractivity contribution is -0.645. The highest BCUT2D eigenvalue weighted by atomic mass is 32.2. The van der Waals surface area contributed by atoms with Gasteiger partial charge in [0, 0.05) is 12.1 Å². The second-order valence-corrected chi connectivity index (χ2v) is 7.34. The van der Waals surface area contributed by atoms with Gasteiger partial charge < -0.3 is 20.0 Å². The number of benzene rings is 1. The van der Waals surface area contributed by atoms with Crippen LogP contribution in [0.25, 0.3) is 0 Å². The summed E-state index contributed by atoms with van der Waals surface area (Å²) >= 11 is 1.22. The van der Waals surface area contributed by atoms with Gasteiger partial charge in [-0.2, -0.15) is 4.73 Å². The van der Waals surface area contributed by atoms with E-state index in [-0.39, 0.29) is 23.6 Å². The second-order valence-electron chi connectivity index (χ2n) is 6.35. The van der Waals surface area contributed by atoms with Gasteiger partial charge in [0.15, 0.2) is 17.7 Å². The van der Waals surface area contributed by atoms with E-state index >= 15 is 0 Å². The first kappa shape index (κ1) is 18.4. The van der Waals surface area contributed by atoms with E-state index in [2.05, 4.69) is 19.2 Å². The van der Waals surface area contributed by atoms with Crippen LogP contribution in [0.2, 0.25) is 0 Å². The number of pyridine rings is 1. The third-order valence-electron chi connectivity index (χ3n) is 4.05. The maximum absolute atomic E-state index is 12.4. The summed E-state index contributed by atoms with van der Waals surface area (Å²) in [5.74, 6) is 1.70. The lowest BCUT2D eigenvalue weighted by Gasteiger charge is -2.25. The van der Waals surface area contributed by atoms with E-state index in [9.17, 15) is 10.0 Å². The molecule has 2 aromatic rings. The number of rotatable bonds is 6. The van der Waals surface area contributed by atoms with Crippen molar-refractivity contribution in [1.82, 2.24) is 5.32 Å². The van der Waals surface area contributed by atoms with Gasteiger partial charge in [0.25, 0.3) is 5.03 Å². The fourth-order valence-corrected chi connectivity index (χ4v) is 3.49. The molecular weight excluding hydrogens is 352 g/mol. The van der Waals surface area contributed by atoms with E-state index in [1.54, 1.807) is 18.2 Å². The first-order valence-electron chi connectivity index (χ1n) is 8.54. The number of carbonyl (C=O) groups is 1. The number of nitrogens with one attached hydrogen (secondary N) is 1. The fourth-order valence-electron chi connectivity index (χ4n) is 2.77. The number of fused-ring (bicyclic) bond motifs is 1. The van der Waals surface area contributed by atoms with Gasteiger partial charge in [-0.15, -0.1) is 0 Å². The first-order chi connectivity index (χ1) is 12.5. The van der Waals surface area contributed by atoms with Crippen LogP contribution < -0.4 is 19.5 Å². The quantitative estimate of drug-likeness (QED) is 0.478. The number of nitrogens with zero attached hydrogens (tertiary/aromatic N) is 1. The van der Waals surface area contributed by atoms with Crippen LogP contribution in [0, 0.1) is 11.1 Å². The SMILES string of the molecule is CC(C)[C@H](NC(=O)CSc1cccc[n+]1[O-])c1ccc2c(c1)OCCO2. The van der Waals surface area contributed by atoms with E-state index in [0.29, 0.717) is 24.0 Å². The van der Waals surface area contributed by atoms with Crippen LogP contribution in [0.1, 0.15) is 25.5 Å². The molecule has 1 atom stereocenters. The Kier molecular flexibility index (Phi) is 5.88. The van der Waals surface area contributed by atoms with Crippen LogP contribution in [-0.2, 0) is 4.79 Å². The maximum atomic E-state index is 12.4. The summed E-state index contributed by atoms with van der Waals surface area (Å²) in [7, 11) is 0. The predicted molar refractivity (Wildman–Crippen MR) is 99.3 cm³/mol. The van der Waals surface area contributed by atoms with Gasteiger partial charge >= 0.3 is 0 Å². The molecule has 1 aliphatic rings. The van der Waals surface area contributed by atoms with E-state index in [1.807, 2.05) is 18.2 Å². The molecule has 1 aromatic heterocycles. The average Bonchev–Trinajstić information content (AvgIpc) is 2.65. The average molecular weight is 374 g/mol. The third-order valence-corrected chi connectivity index (χ3v) is 5.07. The molecule has 138 valence electrons. The Morgan fingerprint density at radius 2 is 2.00 bits per heavy atom. The molecule has 0 unspecified atom stereocenters. The van der Waals surface area contributed by atoms with Gasteiger partial charge in [-0.25, -0.2) is 0 Å². The van der Waals surface area contributed by atoms with Gasteiger partial charge in [-0.05, 0) is 41.4 Å². The van der Waals surface area contributed by atoms with Crippen molar-refractivity contribution in [2.75, 3.05) is 19.0 Å². The topological polar surface area (TPSA) is 74.5 Å². The van der Waals surface area contributed by atoms with Crippen LogP contribution in [0.15, 0.2) is 47.6 Å². The number of hydrogen-bond acceptors (Lipinski definition) is 5. The molecule has 1 N–H and O–H groups in total. The molecule has 2 heterocycles. The zero-order chi connectivity index (χ0) is 18.5. The maximum Gasteiger partial charge on any atom is 0.251 e. The summed E-state index contributed by atoms with van der Waals surface area (Å²) < 4.78 is 12.0. The zero-order valence-electron chi connectivity index (χ0n) is 14.8. The summed E-state index contributed by atoms with van der Waals surface area (Å²) in [5, 5.41) is 15.2. The third kappa shape index (κ3) is 4.40. The van der Waals surface area contributed by atoms with Crippen molar-refractivity contribution in [3.8, 4) is 11.5 Å². The monoisotopic (exact) mass is 374 g/mol. The van der Waals surface area contributed by atoms with Crippen molar-refractivity contribution in [2.24, 2.45) is 5.92 Å². The number of ether oxygens (including phenoxy) is 2. The zero-order valence-corrected chi connectivity index (χ0v) is 15.6. The molecule has 1 amide bonds. The van der Waals surface area contributed by atoms with Crippen molar-refractivity contribution in [3.05, 3.63) is 53.4 Å². The minimum Gasteiger partial charge on any atom is -0.618 e. The largest absolute Gasteiger partial charge is 0.618 e. The van der Waals surface area contributed by atoms with Crippen molar-refractivity contribution < 1.29 is 19.0 Å². The summed E-state index contributed by atoms with van der Waals surface area (Å²) in [4.78, 5) is 12.4. The Hall–Kier alpha value is -2.41. The van der Waals surface area contributed by atoms with Crippen molar-refractivity contribution in [1.29, 1.82) is 0 Å². The molecule has 0 spiro atoms. The van der Waals surface area contributed by atoms with Crippen LogP contribution in [0.5, 0.6) is 11.5 Å². The minimum atomic E-state index is -0.144. The van der Waals surface area contributed by atoms with Crippen molar-refractivity contribution in [3.63, 3.8) is 0 Å². The summed E-state index contributed by atoms with van der Waals surface area (Å²) in [6, 6.07) is 10.8. The fraction of sp³-hybridized carbons (Fsp3) is 0.368. The van der Waals surface area contributed by atoms with Gasteiger partial charge in [-0.1, -0.05) is 19.9 Å². The normalized spacial score (nSPS) is 14.1. The summed E-state index contributed by atoms with van der Waals surface area (Å²) in [6.45, 7) is 5.18. The van der Waals surface area contributed by atoms with E-state index in [1.165, 1.54) is 18.0 Å². The van der Waals surface area contributed by atoms with E-state index in [0.717, 1.165) is 16.0 Å². The molecule has 6 nitrogen and oxygen atoms in total. The molecule has 0 aliphatic carbocycles. The number of thioether (sulfide) groups is 1. The smallest absolute Gasteiger partial charge is 0.251 e. The lowest BCUT2D eigenvalue weighted by Crippen LogP contribution is -2.34. The predicted octanol–water partition coefficient (Wildman–Crippen LogP) is 2.70. The molecular formula is C19H22N2O4S. The molecule has 0 saturated carbocycles. The van der Waals surface area contributed by atoms with E-state index in [4.69, 9.17) is 9.47 Å². The molecule has 7 heteroatoms.